The Morgan fingerprint density at radius 2 is 1.62 bits per heavy atom. The molecule has 4 nitrogen and oxygen atoms in total. The van der Waals surface area contributed by atoms with Crippen LogP contribution in [0.5, 0.6) is 0 Å². The Labute approximate surface area is 172 Å². The molecule has 0 aliphatic heterocycles. The summed E-state index contributed by atoms with van der Waals surface area (Å²) in [5, 5.41) is 0. The number of benzene rings is 2. The number of pyridine rings is 1. The van der Waals surface area contributed by atoms with Crippen molar-refractivity contribution in [3.8, 4) is 22.5 Å². The zero-order valence-electron chi connectivity index (χ0n) is 15.7. The molecule has 0 spiro atoms. The van der Waals surface area contributed by atoms with Gasteiger partial charge < -0.3 is 9.12 Å². The molecule has 0 aliphatic carbocycles. The minimum Gasteiger partial charge on any atom is -0.611 e. The highest BCUT2D eigenvalue weighted by Crippen LogP contribution is 2.31. The summed E-state index contributed by atoms with van der Waals surface area (Å²) in [6, 6.07) is 19.7. The van der Waals surface area contributed by atoms with E-state index in [1.807, 2.05) is 42.5 Å². The van der Waals surface area contributed by atoms with E-state index in [0.29, 0.717) is 12.3 Å². The van der Waals surface area contributed by atoms with Crippen LogP contribution >= 0.6 is 0 Å². The number of rotatable bonds is 7. The molecule has 6 heteroatoms. The minimum absolute atomic E-state index is 0.276. The maximum Gasteiger partial charge on any atom is 0.152 e. The topological polar surface area (TPSA) is 53.8 Å². The molecule has 1 atom stereocenters. The molecule has 0 aliphatic rings. The molecule has 146 valence electrons. The Kier molecular flexibility index (Phi) is 6.03. The van der Waals surface area contributed by atoms with Crippen LogP contribution in [0.15, 0.2) is 90.3 Å². The summed E-state index contributed by atoms with van der Waals surface area (Å²) in [5.41, 5.74) is 3.58. The lowest BCUT2D eigenvalue weighted by Crippen LogP contribution is -2.10. The molecular formula is C23H20FN3OS. The number of nitrogens with zero attached hydrogens (tertiary/aromatic N) is 3. The normalized spacial score (nSPS) is 12.1. The number of aryl methyl sites for hydroxylation is 1. The van der Waals surface area contributed by atoms with Crippen LogP contribution < -0.4 is 0 Å². The summed E-state index contributed by atoms with van der Waals surface area (Å²) in [6.07, 6.45) is 6.02. The fraction of sp³-hybridized carbons (Fsp3) is 0.130. The third-order valence-electron chi connectivity index (χ3n) is 4.64. The van der Waals surface area contributed by atoms with Crippen molar-refractivity contribution in [2.75, 3.05) is 5.75 Å². The predicted molar refractivity (Wildman–Crippen MR) is 113 cm³/mol. The van der Waals surface area contributed by atoms with Crippen LogP contribution in [-0.4, -0.2) is 24.8 Å². The Balaban J connectivity index is 1.57. The number of hydrogen-bond acceptors (Lipinski definition) is 3. The number of imidazole rings is 1. The Bertz CT molecular complexity index is 1050. The predicted octanol–water partition coefficient (Wildman–Crippen LogP) is 4.95. The molecule has 0 saturated carbocycles. The Hall–Kier alpha value is -2.96. The quantitative estimate of drug-likeness (QED) is 0.409. The molecule has 4 rings (SSSR count). The molecule has 2 heterocycles. The molecule has 0 bridgehead atoms. The van der Waals surface area contributed by atoms with Crippen LogP contribution in [0, 0.1) is 5.82 Å². The van der Waals surface area contributed by atoms with Gasteiger partial charge in [-0.1, -0.05) is 18.2 Å². The van der Waals surface area contributed by atoms with E-state index in [4.69, 9.17) is 0 Å². The van der Waals surface area contributed by atoms with Crippen LogP contribution in [-0.2, 0) is 17.7 Å². The molecule has 0 saturated heterocycles. The van der Waals surface area contributed by atoms with E-state index >= 15 is 0 Å². The van der Waals surface area contributed by atoms with Crippen molar-refractivity contribution in [3.63, 3.8) is 0 Å². The van der Waals surface area contributed by atoms with E-state index in [-0.39, 0.29) is 5.82 Å². The second-order valence-corrected chi connectivity index (χ2v) is 8.16. The zero-order valence-corrected chi connectivity index (χ0v) is 16.6. The molecular weight excluding hydrogens is 385 g/mol. The van der Waals surface area contributed by atoms with Gasteiger partial charge in [-0.05, 0) is 59.7 Å². The van der Waals surface area contributed by atoms with Gasteiger partial charge in [-0.2, -0.15) is 0 Å². The monoisotopic (exact) mass is 405 g/mol. The van der Waals surface area contributed by atoms with Crippen molar-refractivity contribution in [2.24, 2.45) is 0 Å². The molecule has 0 N–H and O–H groups in total. The van der Waals surface area contributed by atoms with Crippen molar-refractivity contribution >= 4 is 11.2 Å². The van der Waals surface area contributed by atoms with Crippen molar-refractivity contribution in [3.05, 3.63) is 91.3 Å². The zero-order chi connectivity index (χ0) is 20.1. The molecule has 29 heavy (non-hydrogen) atoms. The van der Waals surface area contributed by atoms with Crippen LogP contribution in [0.1, 0.15) is 6.42 Å². The lowest BCUT2D eigenvalue weighted by molar-refractivity contribution is 0.586. The van der Waals surface area contributed by atoms with Crippen molar-refractivity contribution in [2.45, 2.75) is 17.9 Å². The van der Waals surface area contributed by atoms with E-state index in [0.717, 1.165) is 33.8 Å². The molecule has 1 unspecified atom stereocenters. The van der Waals surface area contributed by atoms with Crippen molar-refractivity contribution < 1.29 is 8.94 Å². The van der Waals surface area contributed by atoms with Gasteiger partial charge in [-0.3, -0.25) is 4.98 Å². The number of aromatic nitrogens is 3. The first kappa shape index (κ1) is 19.4. The first-order valence-electron chi connectivity index (χ1n) is 9.37. The maximum absolute atomic E-state index is 13.4. The lowest BCUT2D eigenvalue weighted by Gasteiger charge is -2.13. The van der Waals surface area contributed by atoms with Gasteiger partial charge in [0.05, 0.1) is 17.7 Å². The second-order valence-electron chi connectivity index (χ2n) is 6.59. The van der Waals surface area contributed by atoms with E-state index < -0.39 is 11.2 Å². The second kappa shape index (κ2) is 9.03. The van der Waals surface area contributed by atoms with Crippen LogP contribution in [0.3, 0.4) is 0 Å². The number of hydrogen-bond donors (Lipinski definition) is 0. The van der Waals surface area contributed by atoms with E-state index in [1.165, 1.54) is 12.1 Å². The number of halogens is 1. The first-order chi connectivity index (χ1) is 14.2. The molecule has 2 aromatic heterocycles. The standard InChI is InChI=1S/C23H20FN3OS/c24-20-9-7-18(8-10-20)22-23(19-11-13-25-14-12-19)27(17-26-22)15-4-16-29(28)21-5-2-1-3-6-21/h1-3,5-14,17H,4,15-16H2. The Morgan fingerprint density at radius 3 is 2.34 bits per heavy atom. The highest BCUT2D eigenvalue weighted by atomic mass is 32.2. The SMILES string of the molecule is [O-][S+](CCCn1cnc(-c2ccc(F)cc2)c1-c1ccncc1)c1ccccc1. The summed E-state index contributed by atoms with van der Waals surface area (Å²) in [7, 11) is 0. The molecule has 0 amide bonds. The van der Waals surface area contributed by atoms with Gasteiger partial charge in [0.25, 0.3) is 0 Å². The largest absolute Gasteiger partial charge is 0.611 e. The van der Waals surface area contributed by atoms with Gasteiger partial charge in [0.15, 0.2) is 4.90 Å². The van der Waals surface area contributed by atoms with E-state index in [9.17, 15) is 8.94 Å². The fourth-order valence-corrected chi connectivity index (χ4v) is 4.33. The van der Waals surface area contributed by atoms with Crippen LogP contribution in [0.2, 0.25) is 0 Å². The molecule has 0 radical (unpaired) electrons. The summed E-state index contributed by atoms with van der Waals surface area (Å²) < 4.78 is 27.9. The highest BCUT2D eigenvalue weighted by molar-refractivity contribution is 7.91. The van der Waals surface area contributed by atoms with Gasteiger partial charge in [0.2, 0.25) is 0 Å². The van der Waals surface area contributed by atoms with Gasteiger partial charge >= 0.3 is 0 Å². The van der Waals surface area contributed by atoms with Gasteiger partial charge in [-0.25, -0.2) is 9.37 Å². The molecule has 2 aromatic carbocycles. The van der Waals surface area contributed by atoms with E-state index in [1.54, 1.807) is 30.9 Å². The third kappa shape index (κ3) is 4.55. The minimum atomic E-state index is -1.03. The molecule has 0 fully saturated rings. The van der Waals surface area contributed by atoms with Crippen molar-refractivity contribution in [1.82, 2.24) is 14.5 Å². The summed E-state index contributed by atoms with van der Waals surface area (Å²) >= 11 is -1.03. The highest BCUT2D eigenvalue weighted by Gasteiger charge is 2.16. The molecule has 4 aromatic rings. The van der Waals surface area contributed by atoms with E-state index in [2.05, 4.69) is 14.5 Å². The first-order valence-corrected chi connectivity index (χ1v) is 10.7. The smallest absolute Gasteiger partial charge is 0.152 e. The van der Waals surface area contributed by atoms with Crippen LogP contribution in [0.25, 0.3) is 22.5 Å². The third-order valence-corrected chi connectivity index (χ3v) is 6.10. The van der Waals surface area contributed by atoms with Crippen molar-refractivity contribution in [1.29, 1.82) is 0 Å². The Morgan fingerprint density at radius 1 is 0.897 bits per heavy atom. The van der Waals surface area contributed by atoms with Gasteiger partial charge in [-0.15, -0.1) is 0 Å². The average molecular weight is 405 g/mol. The maximum atomic E-state index is 13.4. The van der Waals surface area contributed by atoms with Gasteiger partial charge in [0.1, 0.15) is 11.6 Å². The summed E-state index contributed by atoms with van der Waals surface area (Å²) in [5.74, 6) is 0.297. The lowest BCUT2D eigenvalue weighted by atomic mass is 10.1. The fourth-order valence-electron chi connectivity index (χ4n) is 3.24. The summed E-state index contributed by atoms with van der Waals surface area (Å²) in [4.78, 5) is 9.54. The average Bonchev–Trinajstić information content (AvgIpc) is 3.19. The van der Waals surface area contributed by atoms with Gasteiger partial charge in [0, 0.05) is 36.5 Å². The van der Waals surface area contributed by atoms with Crippen LogP contribution in [0.4, 0.5) is 4.39 Å². The summed E-state index contributed by atoms with van der Waals surface area (Å²) in [6.45, 7) is 0.685.